The van der Waals surface area contributed by atoms with Gasteiger partial charge in [0.15, 0.2) is 0 Å². The summed E-state index contributed by atoms with van der Waals surface area (Å²) < 4.78 is 27.7. The maximum absolute atomic E-state index is 12.4. The highest BCUT2D eigenvalue weighted by Gasteiger charge is 2.23. The van der Waals surface area contributed by atoms with Gasteiger partial charge in [-0.2, -0.15) is 0 Å². The average molecular weight is 450 g/mol. The molecule has 1 N–H and O–H groups in total. The van der Waals surface area contributed by atoms with E-state index in [1.54, 1.807) is 0 Å². The summed E-state index contributed by atoms with van der Waals surface area (Å²) in [6.45, 7) is 0. The van der Waals surface area contributed by atoms with Crippen LogP contribution >= 0.6 is 62.3 Å². The Morgan fingerprint density at radius 2 is 1.48 bits per heavy atom. The van der Waals surface area contributed by atoms with Gasteiger partial charge in [-0.3, -0.25) is 4.72 Å². The van der Waals surface area contributed by atoms with Crippen LogP contribution in [0.5, 0.6) is 0 Å². The highest BCUT2D eigenvalue weighted by Crippen LogP contribution is 2.35. The minimum absolute atomic E-state index is 0.00744. The summed E-state index contributed by atoms with van der Waals surface area (Å²) in [6, 6.07) is 7.25. The van der Waals surface area contributed by atoms with Crippen molar-refractivity contribution in [3.8, 4) is 0 Å². The molecule has 0 saturated carbocycles. The van der Waals surface area contributed by atoms with Gasteiger partial charge in [0, 0.05) is 9.50 Å². The molecule has 0 aliphatic carbocycles. The Morgan fingerprint density at radius 3 is 2.00 bits per heavy atom. The summed E-state index contributed by atoms with van der Waals surface area (Å²) in [5, 5.41) is 0.539. The molecule has 2 aromatic carbocycles. The Morgan fingerprint density at radius 1 is 0.905 bits per heavy atom. The number of sulfonamides is 1. The predicted octanol–water partition coefficient (Wildman–Crippen LogP) is 5.86. The van der Waals surface area contributed by atoms with E-state index in [0.29, 0.717) is 9.50 Å². The van der Waals surface area contributed by atoms with Crippen molar-refractivity contribution in [3.05, 3.63) is 54.9 Å². The number of anilines is 1. The molecule has 2 aromatic rings. The molecule has 0 saturated heterocycles. The van der Waals surface area contributed by atoms with Gasteiger partial charge in [-0.1, -0.05) is 62.3 Å². The minimum Gasteiger partial charge on any atom is -0.278 e. The normalized spacial score (nSPS) is 11.5. The molecular weight excluding hydrogens is 444 g/mol. The van der Waals surface area contributed by atoms with Gasteiger partial charge in [0.2, 0.25) is 0 Å². The summed E-state index contributed by atoms with van der Waals surface area (Å²) >= 11 is 26.8. The lowest BCUT2D eigenvalue weighted by Crippen LogP contribution is -2.14. The largest absolute Gasteiger partial charge is 0.278 e. The number of nitrogens with one attached hydrogen (secondary N) is 1. The fourth-order valence-electron chi connectivity index (χ4n) is 1.55. The molecule has 21 heavy (non-hydrogen) atoms. The van der Waals surface area contributed by atoms with Crippen molar-refractivity contribution in [2.24, 2.45) is 0 Å². The van der Waals surface area contributed by atoms with Crippen LogP contribution in [0.2, 0.25) is 20.1 Å². The van der Waals surface area contributed by atoms with Crippen LogP contribution in [0.1, 0.15) is 0 Å². The maximum atomic E-state index is 12.4. The molecule has 9 heteroatoms. The summed E-state index contributed by atoms with van der Waals surface area (Å²) in [5.41, 5.74) is 0.177. The van der Waals surface area contributed by atoms with E-state index in [2.05, 4.69) is 20.7 Å². The monoisotopic (exact) mass is 447 g/mol. The molecule has 0 amide bonds. The molecule has 3 nitrogen and oxygen atoms in total. The van der Waals surface area contributed by atoms with E-state index in [4.69, 9.17) is 46.4 Å². The molecule has 0 heterocycles. The van der Waals surface area contributed by atoms with Gasteiger partial charge in [-0.05, 0) is 30.3 Å². The summed E-state index contributed by atoms with van der Waals surface area (Å²) in [5.74, 6) is 0. The lowest BCUT2D eigenvalue weighted by molar-refractivity contribution is 0.601. The average Bonchev–Trinajstić information content (AvgIpc) is 2.30. The second-order valence-corrected chi connectivity index (χ2v) is 8.12. The smallest absolute Gasteiger partial charge is 0.264 e. The molecule has 0 fully saturated rings. The molecule has 0 atom stereocenters. The van der Waals surface area contributed by atoms with Crippen molar-refractivity contribution in [2.75, 3.05) is 4.72 Å². The van der Waals surface area contributed by atoms with Crippen LogP contribution in [0, 0.1) is 0 Å². The molecular formula is C12H6BrCl4NO2S. The molecule has 112 valence electrons. The summed E-state index contributed by atoms with van der Waals surface area (Å²) in [7, 11) is -3.99. The Bertz CT molecular complexity index is 788. The van der Waals surface area contributed by atoms with Gasteiger partial charge in [0.05, 0.1) is 20.8 Å². The second kappa shape index (κ2) is 6.52. The zero-order valence-corrected chi connectivity index (χ0v) is 15.4. The summed E-state index contributed by atoms with van der Waals surface area (Å²) in [4.78, 5) is -0.222. The van der Waals surface area contributed by atoms with Crippen LogP contribution < -0.4 is 4.72 Å². The fourth-order valence-corrected chi connectivity index (χ4v) is 5.08. The molecule has 0 unspecified atom stereocenters. The number of benzene rings is 2. The maximum Gasteiger partial charge on any atom is 0.264 e. The first-order chi connectivity index (χ1) is 9.70. The van der Waals surface area contributed by atoms with Gasteiger partial charge in [-0.25, -0.2) is 8.42 Å². The fraction of sp³-hybridized carbons (Fsp3) is 0. The topological polar surface area (TPSA) is 46.2 Å². The van der Waals surface area contributed by atoms with E-state index in [0.717, 1.165) is 0 Å². The Labute approximate surface area is 150 Å². The molecule has 0 aliphatic rings. The van der Waals surface area contributed by atoms with Crippen LogP contribution in [0.25, 0.3) is 0 Å². The van der Waals surface area contributed by atoms with Crippen LogP contribution in [0.4, 0.5) is 5.69 Å². The zero-order valence-electron chi connectivity index (χ0n) is 10.0. The molecule has 0 spiro atoms. The molecule has 2 rings (SSSR count). The van der Waals surface area contributed by atoms with Crippen molar-refractivity contribution in [1.82, 2.24) is 0 Å². The Kier molecular flexibility index (Phi) is 5.34. The van der Waals surface area contributed by atoms with Gasteiger partial charge in [0.25, 0.3) is 10.0 Å². The van der Waals surface area contributed by atoms with Gasteiger partial charge in [0.1, 0.15) is 4.90 Å². The number of rotatable bonds is 3. The highest BCUT2D eigenvalue weighted by atomic mass is 79.9. The number of halogens is 5. The van der Waals surface area contributed by atoms with Crippen molar-refractivity contribution < 1.29 is 8.42 Å². The number of hydrogen-bond donors (Lipinski definition) is 1. The first-order valence-corrected chi connectivity index (χ1v) is 9.12. The van der Waals surface area contributed by atoms with E-state index in [1.165, 1.54) is 30.3 Å². The molecule has 0 bridgehead atoms. The first-order valence-electron chi connectivity index (χ1n) is 5.33. The van der Waals surface area contributed by atoms with E-state index in [9.17, 15) is 8.42 Å². The van der Waals surface area contributed by atoms with Crippen LogP contribution in [0.3, 0.4) is 0 Å². The third kappa shape index (κ3) is 3.97. The lowest BCUT2D eigenvalue weighted by atomic mass is 10.3. The second-order valence-electron chi connectivity index (χ2n) is 3.93. The lowest BCUT2D eigenvalue weighted by Gasteiger charge is -2.12. The van der Waals surface area contributed by atoms with Crippen molar-refractivity contribution in [2.45, 2.75) is 4.90 Å². The van der Waals surface area contributed by atoms with Crippen molar-refractivity contribution in [3.63, 3.8) is 0 Å². The zero-order chi connectivity index (χ0) is 15.8. The number of hydrogen-bond acceptors (Lipinski definition) is 2. The van der Waals surface area contributed by atoms with Gasteiger partial charge in [-0.15, -0.1) is 0 Å². The van der Waals surface area contributed by atoms with Gasteiger partial charge < -0.3 is 0 Å². The third-order valence-corrected chi connectivity index (χ3v) is 5.70. The standard InChI is InChI=1S/C12H6BrCl4NO2S/c13-6-3-9(16)12(10(17)4-6)21(19,20)18-11-2-1-7(14)5-8(11)15/h1-5,18H. The van der Waals surface area contributed by atoms with Gasteiger partial charge >= 0.3 is 0 Å². The quantitative estimate of drug-likeness (QED) is 0.637. The third-order valence-electron chi connectivity index (χ3n) is 2.41. The SMILES string of the molecule is O=S(=O)(Nc1ccc(Cl)cc1Cl)c1c(Cl)cc(Br)cc1Cl. The Balaban J connectivity index is 2.48. The van der Waals surface area contributed by atoms with Crippen molar-refractivity contribution >= 4 is 78.0 Å². The van der Waals surface area contributed by atoms with Crippen LogP contribution in [0.15, 0.2) is 39.7 Å². The van der Waals surface area contributed by atoms with E-state index in [-0.39, 0.29) is 25.7 Å². The summed E-state index contributed by atoms with van der Waals surface area (Å²) in [6.07, 6.45) is 0. The van der Waals surface area contributed by atoms with E-state index in [1.807, 2.05) is 0 Å². The molecule has 0 aromatic heterocycles. The first kappa shape index (κ1) is 17.2. The van der Waals surface area contributed by atoms with E-state index >= 15 is 0 Å². The highest BCUT2D eigenvalue weighted by molar-refractivity contribution is 9.10. The molecule has 0 radical (unpaired) electrons. The van der Waals surface area contributed by atoms with Crippen LogP contribution in [-0.2, 0) is 10.0 Å². The molecule has 0 aliphatic heterocycles. The van der Waals surface area contributed by atoms with E-state index < -0.39 is 10.0 Å². The van der Waals surface area contributed by atoms with Crippen LogP contribution in [-0.4, -0.2) is 8.42 Å². The predicted molar refractivity (Wildman–Crippen MR) is 91.4 cm³/mol. The minimum atomic E-state index is -3.99. The van der Waals surface area contributed by atoms with Crippen molar-refractivity contribution in [1.29, 1.82) is 0 Å². The Hall–Kier alpha value is -0.170.